The molecule has 1 aromatic carbocycles. The molecular formula is C17H27IN4O. The van der Waals surface area contributed by atoms with Gasteiger partial charge in [-0.2, -0.15) is 0 Å². The first-order valence-corrected chi connectivity index (χ1v) is 8.01. The summed E-state index contributed by atoms with van der Waals surface area (Å²) >= 11 is 0. The topological polar surface area (TPSA) is 65.5 Å². The number of fused-ring (bicyclic) bond motifs is 1. The van der Waals surface area contributed by atoms with Gasteiger partial charge in [-0.05, 0) is 24.5 Å². The minimum absolute atomic E-state index is 0. The average molecular weight is 430 g/mol. The number of carbonyl (C=O) groups excluding carboxylic acids is 1. The molecule has 1 aliphatic rings. The van der Waals surface area contributed by atoms with E-state index in [4.69, 9.17) is 0 Å². The van der Waals surface area contributed by atoms with Crippen LogP contribution in [0, 0.1) is 5.92 Å². The Hall–Kier alpha value is -1.31. The maximum absolute atomic E-state index is 11.8. The average Bonchev–Trinajstić information content (AvgIpc) is 2.49. The van der Waals surface area contributed by atoms with E-state index in [0.29, 0.717) is 18.9 Å². The summed E-state index contributed by atoms with van der Waals surface area (Å²) in [5.41, 5.74) is 2.11. The van der Waals surface area contributed by atoms with E-state index in [9.17, 15) is 4.79 Å². The Morgan fingerprint density at radius 1 is 1.35 bits per heavy atom. The largest absolute Gasteiger partial charge is 0.357 e. The molecule has 1 atom stereocenters. The summed E-state index contributed by atoms with van der Waals surface area (Å²) in [5.74, 6) is 1.60. The van der Waals surface area contributed by atoms with E-state index in [1.165, 1.54) is 5.56 Å². The van der Waals surface area contributed by atoms with Gasteiger partial charge in [-0.1, -0.05) is 32.0 Å². The first kappa shape index (κ1) is 19.7. The number of amides is 1. The quantitative estimate of drug-likeness (QED) is 0.383. The highest BCUT2D eigenvalue weighted by atomic mass is 127. The van der Waals surface area contributed by atoms with Gasteiger partial charge in [0.1, 0.15) is 0 Å². The van der Waals surface area contributed by atoms with Gasteiger partial charge in [-0.25, -0.2) is 0 Å². The lowest BCUT2D eigenvalue weighted by Gasteiger charge is -2.26. The highest BCUT2D eigenvalue weighted by molar-refractivity contribution is 14.0. The molecule has 0 saturated carbocycles. The first-order chi connectivity index (χ1) is 10.6. The van der Waals surface area contributed by atoms with Crippen molar-refractivity contribution in [2.24, 2.45) is 10.9 Å². The van der Waals surface area contributed by atoms with Crippen LogP contribution in [0.5, 0.6) is 0 Å². The smallest absolute Gasteiger partial charge is 0.225 e. The van der Waals surface area contributed by atoms with Gasteiger partial charge < -0.3 is 16.0 Å². The van der Waals surface area contributed by atoms with E-state index < -0.39 is 0 Å². The number of benzene rings is 1. The lowest BCUT2D eigenvalue weighted by atomic mass is 9.90. The van der Waals surface area contributed by atoms with Crippen LogP contribution in [0.4, 0.5) is 5.69 Å². The summed E-state index contributed by atoms with van der Waals surface area (Å²) in [7, 11) is 0. The van der Waals surface area contributed by atoms with E-state index in [1.807, 2.05) is 18.2 Å². The predicted molar refractivity (Wildman–Crippen MR) is 107 cm³/mol. The van der Waals surface area contributed by atoms with Crippen molar-refractivity contribution in [3.8, 4) is 0 Å². The summed E-state index contributed by atoms with van der Waals surface area (Å²) in [6, 6.07) is 8.00. The van der Waals surface area contributed by atoms with Crippen molar-refractivity contribution in [3.05, 3.63) is 29.8 Å². The Bertz CT molecular complexity index is 545. The Labute approximate surface area is 155 Å². The molecule has 1 heterocycles. The van der Waals surface area contributed by atoms with Crippen molar-refractivity contribution in [2.75, 3.05) is 25.0 Å². The molecule has 0 spiro atoms. The number of nitrogens with one attached hydrogen (secondary N) is 3. The number of para-hydroxylation sites is 1. The molecule has 3 N–H and O–H groups in total. The Balaban J connectivity index is 0.00000264. The van der Waals surface area contributed by atoms with Crippen molar-refractivity contribution in [3.63, 3.8) is 0 Å². The second-order valence-corrected chi connectivity index (χ2v) is 6.03. The molecule has 1 unspecified atom stereocenters. The van der Waals surface area contributed by atoms with E-state index >= 15 is 0 Å². The number of nitrogens with zero attached hydrogens (tertiary/aromatic N) is 1. The fraction of sp³-hybridized carbons (Fsp3) is 0.529. The van der Waals surface area contributed by atoms with Crippen molar-refractivity contribution >= 4 is 41.5 Å². The van der Waals surface area contributed by atoms with Gasteiger partial charge in [-0.15, -0.1) is 24.0 Å². The molecule has 0 fully saturated rings. The predicted octanol–water partition coefficient (Wildman–Crippen LogP) is 2.94. The van der Waals surface area contributed by atoms with Gasteiger partial charge in [0.25, 0.3) is 0 Å². The Morgan fingerprint density at radius 3 is 2.78 bits per heavy atom. The van der Waals surface area contributed by atoms with Crippen molar-refractivity contribution in [2.45, 2.75) is 33.1 Å². The molecule has 2 rings (SSSR count). The molecular weight excluding hydrogens is 403 g/mol. The van der Waals surface area contributed by atoms with Gasteiger partial charge in [0.15, 0.2) is 5.96 Å². The number of rotatable bonds is 5. The third-order valence-electron chi connectivity index (χ3n) is 3.58. The molecule has 0 aromatic heterocycles. The standard InChI is InChI=1S/C17H26N4O.HI/c1-4-18-17(19-10-12(2)3)20-11-13-9-16(22)21-15-8-6-5-7-14(13)15;/h5-8,12-13H,4,9-11H2,1-3H3,(H,21,22)(H2,18,19,20);1H. The summed E-state index contributed by atoms with van der Waals surface area (Å²) in [6.45, 7) is 8.66. The van der Waals surface area contributed by atoms with E-state index in [-0.39, 0.29) is 35.8 Å². The van der Waals surface area contributed by atoms with Crippen LogP contribution < -0.4 is 16.0 Å². The summed E-state index contributed by atoms with van der Waals surface area (Å²) in [4.78, 5) is 16.4. The van der Waals surface area contributed by atoms with E-state index in [1.54, 1.807) is 0 Å². The highest BCUT2D eigenvalue weighted by Crippen LogP contribution is 2.31. The van der Waals surface area contributed by atoms with Crippen molar-refractivity contribution in [1.29, 1.82) is 0 Å². The second-order valence-electron chi connectivity index (χ2n) is 6.03. The molecule has 23 heavy (non-hydrogen) atoms. The summed E-state index contributed by atoms with van der Waals surface area (Å²) in [6.07, 6.45) is 0.508. The number of guanidine groups is 1. The zero-order chi connectivity index (χ0) is 15.9. The lowest BCUT2D eigenvalue weighted by molar-refractivity contribution is -0.116. The van der Waals surface area contributed by atoms with Gasteiger partial charge in [0.2, 0.25) is 5.91 Å². The SMILES string of the molecule is CCNC(=NCC(C)C)NCC1CC(=O)Nc2ccccc21.I. The molecule has 0 radical (unpaired) electrons. The minimum Gasteiger partial charge on any atom is -0.357 e. The first-order valence-electron chi connectivity index (χ1n) is 8.01. The molecule has 1 aromatic rings. The van der Waals surface area contributed by atoms with Crippen LogP contribution in [0.2, 0.25) is 0 Å². The van der Waals surface area contributed by atoms with E-state index in [0.717, 1.165) is 24.7 Å². The fourth-order valence-electron chi connectivity index (χ4n) is 2.52. The van der Waals surface area contributed by atoms with Crippen LogP contribution in [0.1, 0.15) is 38.7 Å². The number of carbonyl (C=O) groups is 1. The molecule has 0 saturated heterocycles. The van der Waals surface area contributed by atoms with Crippen molar-refractivity contribution in [1.82, 2.24) is 10.6 Å². The number of anilines is 1. The Kier molecular flexibility index (Phi) is 8.36. The molecule has 128 valence electrons. The molecule has 1 aliphatic heterocycles. The van der Waals surface area contributed by atoms with Crippen molar-refractivity contribution < 1.29 is 4.79 Å². The highest BCUT2D eigenvalue weighted by Gasteiger charge is 2.24. The zero-order valence-corrected chi connectivity index (χ0v) is 16.4. The second kappa shape index (κ2) is 9.75. The fourth-order valence-corrected chi connectivity index (χ4v) is 2.52. The van der Waals surface area contributed by atoms with Gasteiger partial charge in [0, 0.05) is 37.7 Å². The third kappa shape index (κ3) is 6.01. The summed E-state index contributed by atoms with van der Waals surface area (Å²) < 4.78 is 0. The van der Waals surface area contributed by atoms with Gasteiger partial charge in [0.05, 0.1) is 0 Å². The van der Waals surface area contributed by atoms with Crippen LogP contribution in [0.3, 0.4) is 0 Å². The van der Waals surface area contributed by atoms with Crippen LogP contribution in [-0.2, 0) is 4.79 Å². The van der Waals surface area contributed by atoms with Crippen LogP contribution in [0.25, 0.3) is 0 Å². The molecule has 0 bridgehead atoms. The monoisotopic (exact) mass is 430 g/mol. The molecule has 1 amide bonds. The van der Waals surface area contributed by atoms with E-state index in [2.05, 4.69) is 47.8 Å². The third-order valence-corrected chi connectivity index (χ3v) is 3.58. The number of hydrogen-bond acceptors (Lipinski definition) is 2. The van der Waals surface area contributed by atoms with Crippen LogP contribution >= 0.6 is 24.0 Å². The van der Waals surface area contributed by atoms with Crippen LogP contribution in [0.15, 0.2) is 29.3 Å². The minimum atomic E-state index is 0. The summed E-state index contributed by atoms with van der Waals surface area (Å²) in [5, 5.41) is 9.55. The number of aliphatic imine (C=N–C) groups is 1. The lowest BCUT2D eigenvalue weighted by Crippen LogP contribution is -2.41. The number of hydrogen-bond donors (Lipinski definition) is 3. The maximum Gasteiger partial charge on any atom is 0.225 e. The van der Waals surface area contributed by atoms with Gasteiger partial charge >= 0.3 is 0 Å². The Morgan fingerprint density at radius 2 is 2.09 bits per heavy atom. The normalized spacial score (nSPS) is 17.1. The van der Waals surface area contributed by atoms with Crippen LogP contribution in [-0.4, -0.2) is 31.5 Å². The maximum atomic E-state index is 11.8. The molecule has 0 aliphatic carbocycles. The zero-order valence-electron chi connectivity index (χ0n) is 14.1. The number of halogens is 1. The molecule has 6 heteroatoms. The molecule has 5 nitrogen and oxygen atoms in total. The van der Waals surface area contributed by atoms with Gasteiger partial charge in [-0.3, -0.25) is 9.79 Å².